The topological polar surface area (TPSA) is 49.6 Å². The monoisotopic (exact) mass is 265 g/mol. The smallest absolute Gasteiger partial charge is 0.226 e. The van der Waals surface area contributed by atoms with Gasteiger partial charge in [-0.15, -0.1) is 6.58 Å². The van der Waals surface area contributed by atoms with Crippen LogP contribution in [0.15, 0.2) is 12.7 Å². The third-order valence-electron chi connectivity index (χ3n) is 4.43. The van der Waals surface area contributed by atoms with E-state index in [1.165, 1.54) is 6.54 Å². The molecule has 2 saturated heterocycles. The van der Waals surface area contributed by atoms with E-state index in [9.17, 15) is 4.79 Å². The molecule has 2 aliphatic rings. The van der Waals surface area contributed by atoms with Crippen LogP contribution in [0.5, 0.6) is 0 Å². The van der Waals surface area contributed by atoms with E-state index in [0.717, 1.165) is 57.8 Å². The first kappa shape index (κ1) is 14.5. The molecule has 0 aromatic heterocycles. The summed E-state index contributed by atoms with van der Waals surface area (Å²) in [5, 5.41) is 0. The predicted octanol–water partition coefficient (Wildman–Crippen LogP) is 1.22. The number of likely N-dealkylation sites (tertiary alicyclic amines) is 2. The van der Waals surface area contributed by atoms with Crippen LogP contribution < -0.4 is 5.73 Å². The summed E-state index contributed by atoms with van der Waals surface area (Å²) in [6.07, 6.45) is 6.74. The second kappa shape index (κ2) is 7.06. The molecule has 4 heteroatoms. The van der Waals surface area contributed by atoms with Gasteiger partial charge < -0.3 is 15.5 Å². The molecule has 2 aliphatic heterocycles. The van der Waals surface area contributed by atoms with E-state index < -0.39 is 0 Å². The van der Waals surface area contributed by atoms with Gasteiger partial charge in [0.15, 0.2) is 0 Å². The van der Waals surface area contributed by atoms with Gasteiger partial charge in [0.05, 0.1) is 0 Å². The number of carbonyl (C=O) groups excluding carboxylic acids is 1. The average molecular weight is 265 g/mol. The van der Waals surface area contributed by atoms with Crippen molar-refractivity contribution in [3.63, 3.8) is 0 Å². The van der Waals surface area contributed by atoms with Gasteiger partial charge in [-0.3, -0.25) is 4.79 Å². The van der Waals surface area contributed by atoms with Crippen LogP contribution in [0.3, 0.4) is 0 Å². The summed E-state index contributed by atoms with van der Waals surface area (Å²) < 4.78 is 0. The maximum absolute atomic E-state index is 11.8. The van der Waals surface area contributed by atoms with E-state index in [-0.39, 0.29) is 5.91 Å². The van der Waals surface area contributed by atoms with E-state index in [1.807, 2.05) is 4.90 Å². The van der Waals surface area contributed by atoms with Crippen molar-refractivity contribution in [1.82, 2.24) is 9.80 Å². The first-order chi connectivity index (χ1) is 9.19. The Kier molecular flexibility index (Phi) is 5.40. The van der Waals surface area contributed by atoms with Crippen LogP contribution in [-0.2, 0) is 4.79 Å². The SMILES string of the molecule is C=CCC(=O)N1CCC(CN2CCC(N)CC2)CC1. The Morgan fingerprint density at radius 2 is 1.79 bits per heavy atom. The third kappa shape index (κ3) is 4.32. The zero-order chi connectivity index (χ0) is 13.7. The zero-order valence-corrected chi connectivity index (χ0v) is 11.9. The summed E-state index contributed by atoms with van der Waals surface area (Å²) in [5.41, 5.74) is 5.93. The van der Waals surface area contributed by atoms with Gasteiger partial charge in [-0.05, 0) is 44.7 Å². The molecule has 2 fully saturated rings. The fourth-order valence-corrected chi connectivity index (χ4v) is 3.12. The average Bonchev–Trinajstić information content (AvgIpc) is 2.42. The Morgan fingerprint density at radius 3 is 2.37 bits per heavy atom. The number of nitrogens with two attached hydrogens (primary N) is 1. The zero-order valence-electron chi connectivity index (χ0n) is 11.9. The molecule has 0 bridgehead atoms. The highest BCUT2D eigenvalue weighted by atomic mass is 16.2. The van der Waals surface area contributed by atoms with Gasteiger partial charge in [0.1, 0.15) is 0 Å². The van der Waals surface area contributed by atoms with E-state index in [1.54, 1.807) is 6.08 Å². The quantitative estimate of drug-likeness (QED) is 0.778. The number of piperidine rings is 2. The molecule has 2 N–H and O–H groups in total. The lowest BCUT2D eigenvalue weighted by Crippen LogP contribution is -2.45. The lowest BCUT2D eigenvalue weighted by molar-refractivity contribution is -0.131. The van der Waals surface area contributed by atoms with E-state index in [2.05, 4.69) is 11.5 Å². The molecule has 2 heterocycles. The van der Waals surface area contributed by atoms with Gasteiger partial charge in [0, 0.05) is 32.1 Å². The minimum Gasteiger partial charge on any atom is -0.342 e. The van der Waals surface area contributed by atoms with Crippen LogP contribution >= 0.6 is 0 Å². The highest BCUT2D eigenvalue weighted by Gasteiger charge is 2.25. The summed E-state index contributed by atoms with van der Waals surface area (Å²) >= 11 is 0. The van der Waals surface area contributed by atoms with Crippen molar-refractivity contribution in [3.05, 3.63) is 12.7 Å². The molecule has 0 saturated carbocycles. The fourth-order valence-electron chi connectivity index (χ4n) is 3.12. The van der Waals surface area contributed by atoms with Crippen molar-refractivity contribution in [1.29, 1.82) is 0 Å². The molecular weight excluding hydrogens is 238 g/mol. The Balaban J connectivity index is 1.68. The molecule has 0 aromatic rings. The summed E-state index contributed by atoms with van der Waals surface area (Å²) in [4.78, 5) is 16.3. The molecular formula is C15H27N3O. The number of nitrogens with zero attached hydrogens (tertiary/aromatic N) is 2. The predicted molar refractivity (Wildman–Crippen MR) is 77.8 cm³/mol. The van der Waals surface area contributed by atoms with Crippen LogP contribution in [0, 0.1) is 5.92 Å². The van der Waals surface area contributed by atoms with Crippen LogP contribution in [0.25, 0.3) is 0 Å². The largest absolute Gasteiger partial charge is 0.342 e. The summed E-state index contributed by atoms with van der Waals surface area (Å²) in [5.74, 6) is 0.986. The van der Waals surface area contributed by atoms with Crippen LogP contribution in [0.1, 0.15) is 32.1 Å². The highest BCUT2D eigenvalue weighted by Crippen LogP contribution is 2.20. The lowest BCUT2D eigenvalue weighted by atomic mass is 9.94. The molecule has 0 aliphatic carbocycles. The molecule has 0 unspecified atom stereocenters. The van der Waals surface area contributed by atoms with Crippen molar-refractivity contribution >= 4 is 5.91 Å². The van der Waals surface area contributed by atoms with Gasteiger partial charge in [0.2, 0.25) is 5.91 Å². The fraction of sp³-hybridized carbons (Fsp3) is 0.800. The molecule has 2 rings (SSSR count). The molecule has 0 radical (unpaired) electrons. The summed E-state index contributed by atoms with van der Waals surface area (Å²) in [6.45, 7) is 8.96. The number of hydrogen-bond donors (Lipinski definition) is 1. The van der Waals surface area contributed by atoms with Gasteiger partial charge in [-0.2, -0.15) is 0 Å². The molecule has 0 aromatic carbocycles. The van der Waals surface area contributed by atoms with Crippen LogP contribution in [0.4, 0.5) is 0 Å². The van der Waals surface area contributed by atoms with Crippen molar-refractivity contribution in [2.45, 2.75) is 38.1 Å². The summed E-state index contributed by atoms with van der Waals surface area (Å²) in [6, 6.07) is 0.412. The van der Waals surface area contributed by atoms with E-state index in [0.29, 0.717) is 12.5 Å². The molecule has 1 amide bonds. The van der Waals surface area contributed by atoms with Crippen molar-refractivity contribution in [2.75, 3.05) is 32.7 Å². The summed E-state index contributed by atoms with van der Waals surface area (Å²) in [7, 11) is 0. The first-order valence-electron chi connectivity index (χ1n) is 7.55. The Hall–Kier alpha value is -0.870. The van der Waals surface area contributed by atoms with Crippen molar-refractivity contribution in [2.24, 2.45) is 11.7 Å². The van der Waals surface area contributed by atoms with Crippen LogP contribution in [0.2, 0.25) is 0 Å². The van der Waals surface area contributed by atoms with Gasteiger partial charge >= 0.3 is 0 Å². The van der Waals surface area contributed by atoms with Crippen molar-refractivity contribution in [3.8, 4) is 0 Å². The minimum atomic E-state index is 0.234. The Labute approximate surface area is 116 Å². The molecule has 4 nitrogen and oxygen atoms in total. The Morgan fingerprint density at radius 1 is 1.16 bits per heavy atom. The molecule has 0 atom stereocenters. The third-order valence-corrected chi connectivity index (χ3v) is 4.43. The lowest BCUT2D eigenvalue weighted by Gasteiger charge is -2.37. The second-order valence-electron chi connectivity index (χ2n) is 5.95. The molecule has 0 spiro atoms. The standard InChI is InChI=1S/C15H27N3O/c1-2-3-15(19)18-10-4-13(5-11-18)12-17-8-6-14(16)7-9-17/h2,13-14H,1,3-12,16H2. The number of rotatable bonds is 4. The Bertz CT molecular complexity index is 303. The minimum absolute atomic E-state index is 0.234. The van der Waals surface area contributed by atoms with Crippen LogP contribution in [-0.4, -0.2) is 54.5 Å². The number of amides is 1. The van der Waals surface area contributed by atoms with E-state index in [4.69, 9.17) is 5.73 Å². The highest BCUT2D eigenvalue weighted by molar-refractivity contribution is 5.77. The molecule has 19 heavy (non-hydrogen) atoms. The van der Waals surface area contributed by atoms with Gasteiger partial charge in [0.25, 0.3) is 0 Å². The molecule has 108 valence electrons. The van der Waals surface area contributed by atoms with E-state index >= 15 is 0 Å². The maximum atomic E-state index is 11.8. The second-order valence-corrected chi connectivity index (χ2v) is 5.95. The maximum Gasteiger partial charge on any atom is 0.226 e. The van der Waals surface area contributed by atoms with Gasteiger partial charge in [-0.25, -0.2) is 0 Å². The number of hydrogen-bond acceptors (Lipinski definition) is 3. The normalized spacial score (nSPS) is 23.5. The number of carbonyl (C=O) groups is 1. The first-order valence-corrected chi connectivity index (χ1v) is 7.55. The van der Waals surface area contributed by atoms with Gasteiger partial charge in [-0.1, -0.05) is 6.08 Å². The van der Waals surface area contributed by atoms with Crippen molar-refractivity contribution < 1.29 is 4.79 Å².